The first-order chi connectivity index (χ1) is 13.2. The van der Waals surface area contributed by atoms with E-state index in [-0.39, 0.29) is 5.69 Å². The second-order valence-electron chi connectivity index (χ2n) is 7.08. The molecule has 2 aromatic carbocycles. The van der Waals surface area contributed by atoms with Gasteiger partial charge in [0.25, 0.3) is 0 Å². The molecule has 4 heteroatoms. The van der Waals surface area contributed by atoms with E-state index in [1.807, 2.05) is 22.8 Å². The molecule has 0 unspecified atom stereocenters. The Hall–Kier alpha value is -2.33. The highest BCUT2D eigenvalue weighted by molar-refractivity contribution is 7.98. The van der Waals surface area contributed by atoms with E-state index in [2.05, 4.69) is 48.3 Å². The standard InChI is InChI=1S/C23H24N2OS/c1-17-8-5-6-11-19(17)16-27-22-20-12-7-13-21(20)25(23(26)24-22)15-14-18-9-3-2-4-10-18/h2-6,8-11H,7,12-16H2,1H3. The zero-order valence-corrected chi connectivity index (χ0v) is 16.5. The first-order valence-electron chi connectivity index (χ1n) is 9.56. The first-order valence-corrected chi connectivity index (χ1v) is 10.5. The number of aryl methyl sites for hydroxylation is 2. The molecule has 1 heterocycles. The summed E-state index contributed by atoms with van der Waals surface area (Å²) in [5.74, 6) is 0.861. The van der Waals surface area contributed by atoms with Crippen LogP contribution in [0.4, 0.5) is 0 Å². The summed E-state index contributed by atoms with van der Waals surface area (Å²) in [7, 11) is 0. The number of nitrogens with zero attached hydrogens (tertiary/aromatic N) is 2. The summed E-state index contributed by atoms with van der Waals surface area (Å²) in [6, 6.07) is 18.8. The number of hydrogen-bond acceptors (Lipinski definition) is 3. The average molecular weight is 377 g/mol. The monoisotopic (exact) mass is 376 g/mol. The second kappa shape index (κ2) is 8.13. The lowest BCUT2D eigenvalue weighted by Crippen LogP contribution is -2.28. The summed E-state index contributed by atoms with van der Waals surface area (Å²) >= 11 is 1.71. The molecule has 1 aliphatic carbocycles. The minimum absolute atomic E-state index is 0.0983. The predicted octanol–water partition coefficient (Wildman–Crippen LogP) is 4.58. The normalized spacial score (nSPS) is 12.9. The van der Waals surface area contributed by atoms with Gasteiger partial charge in [0, 0.05) is 23.6 Å². The first kappa shape index (κ1) is 18.1. The highest BCUT2D eigenvalue weighted by Gasteiger charge is 2.22. The van der Waals surface area contributed by atoms with Gasteiger partial charge in [0.05, 0.1) is 0 Å². The van der Waals surface area contributed by atoms with Crippen LogP contribution in [0.5, 0.6) is 0 Å². The van der Waals surface area contributed by atoms with E-state index in [4.69, 9.17) is 0 Å². The summed E-state index contributed by atoms with van der Waals surface area (Å²) in [4.78, 5) is 17.2. The number of aromatic nitrogens is 2. The van der Waals surface area contributed by atoms with Crippen molar-refractivity contribution in [3.8, 4) is 0 Å². The van der Waals surface area contributed by atoms with Crippen LogP contribution < -0.4 is 5.69 Å². The SMILES string of the molecule is Cc1ccccc1CSc1nc(=O)n(CCc2ccccc2)c2c1CCC2. The maximum Gasteiger partial charge on any atom is 0.348 e. The summed E-state index contributed by atoms with van der Waals surface area (Å²) < 4.78 is 1.91. The molecule has 0 bridgehead atoms. The zero-order chi connectivity index (χ0) is 18.6. The predicted molar refractivity (Wildman–Crippen MR) is 111 cm³/mol. The molecule has 0 aliphatic heterocycles. The van der Waals surface area contributed by atoms with Crippen LogP contribution in [-0.2, 0) is 31.6 Å². The summed E-state index contributed by atoms with van der Waals surface area (Å²) in [5, 5.41) is 0.937. The fraction of sp³-hybridized carbons (Fsp3) is 0.304. The Morgan fingerprint density at radius 1 is 1.04 bits per heavy atom. The smallest absolute Gasteiger partial charge is 0.296 e. The summed E-state index contributed by atoms with van der Waals surface area (Å²) in [5.41, 5.74) is 6.26. The molecule has 0 fully saturated rings. The molecule has 27 heavy (non-hydrogen) atoms. The van der Waals surface area contributed by atoms with Crippen LogP contribution in [0.2, 0.25) is 0 Å². The number of rotatable bonds is 6. The molecule has 1 aromatic heterocycles. The topological polar surface area (TPSA) is 34.9 Å². The fourth-order valence-corrected chi connectivity index (χ4v) is 4.89. The van der Waals surface area contributed by atoms with Crippen molar-refractivity contribution in [1.82, 2.24) is 9.55 Å². The number of thioether (sulfide) groups is 1. The van der Waals surface area contributed by atoms with Gasteiger partial charge >= 0.3 is 5.69 Å². The van der Waals surface area contributed by atoms with Crippen molar-refractivity contribution >= 4 is 11.8 Å². The van der Waals surface area contributed by atoms with E-state index in [0.717, 1.165) is 36.5 Å². The summed E-state index contributed by atoms with van der Waals surface area (Å²) in [6.07, 6.45) is 4.00. The third kappa shape index (κ3) is 4.01. The van der Waals surface area contributed by atoms with Gasteiger partial charge in [-0.05, 0) is 49.3 Å². The molecule has 138 valence electrons. The molecule has 0 saturated heterocycles. The third-order valence-corrected chi connectivity index (χ3v) is 6.36. The van der Waals surface area contributed by atoms with Crippen molar-refractivity contribution in [2.24, 2.45) is 0 Å². The zero-order valence-electron chi connectivity index (χ0n) is 15.6. The molecule has 0 spiro atoms. The highest BCUT2D eigenvalue weighted by atomic mass is 32.2. The van der Waals surface area contributed by atoms with Crippen molar-refractivity contribution in [2.45, 2.75) is 49.9 Å². The molecule has 3 aromatic rings. The van der Waals surface area contributed by atoms with Gasteiger partial charge in [0.15, 0.2) is 0 Å². The van der Waals surface area contributed by atoms with E-state index in [0.29, 0.717) is 6.54 Å². The van der Waals surface area contributed by atoms with Crippen molar-refractivity contribution in [1.29, 1.82) is 0 Å². The molecule has 0 radical (unpaired) electrons. The van der Waals surface area contributed by atoms with Crippen LogP contribution in [-0.4, -0.2) is 9.55 Å². The Bertz CT molecular complexity index is 995. The van der Waals surface area contributed by atoms with Gasteiger partial charge in [-0.2, -0.15) is 4.98 Å². The van der Waals surface area contributed by atoms with Gasteiger partial charge in [-0.1, -0.05) is 54.6 Å². The number of benzene rings is 2. The second-order valence-corrected chi connectivity index (χ2v) is 8.04. The quantitative estimate of drug-likeness (QED) is 0.467. The Balaban J connectivity index is 1.56. The number of hydrogen-bond donors (Lipinski definition) is 0. The van der Waals surface area contributed by atoms with E-state index in [1.165, 1.54) is 27.9 Å². The molecule has 0 amide bonds. The van der Waals surface area contributed by atoms with Crippen LogP contribution >= 0.6 is 11.8 Å². The van der Waals surface area contributed by atoms with Crippen LogP contribution in [0.3, 0.4) is 0 Å². The number of fused-ring (bicyclic) bond motifs is 1. The maximum atomic E-state index is 12.7. The van der Waals surface area contributed by atoms with Crippen molar-refractivity contribution in [3.63, 3.8) is 0 Å². The van der Waals surface area contributed by atoms with E-state index < -0.39 is 0 Å². The van der Waals surface area contributed by atoms with Crippen molar-refractivity contribution in [3.05, 3.63) is 93.0 Å². The van der Waals surface area contributed by atoms with Gasteiger partial charge in [0.2, 0.25) is 0 Å². The van der Waals surface area contributed by atoms with Gasteiger partial charge in [-0.3, -0.25) is 4.57 Å². The van der Waals surface area contributed by atoms with Gasteiger partial charge < -0.3 is 0 Å². The molecule has 0 saturated carbocycles. The Labute approximate surface area is 164 Å². The molecule has 0 atom stereocenters. The molecule has 4 rings (SSSR count). The fourth-order valence-electron chi connectivity index (χ4n) is 3.74. The minimum Gasteiger partial charge on any atom is -0.296 e. The van der Waals surface area contributed by atoms with Crippen LogP contribution in [0.25, 0.3) is 0 Å². The third-order valence-electron chi connectivity index (χ3n) is 5.29. The Kier molecular flexibility index (Phi) is 5.44. The van der Waals surface area contributed by atoms with E-state index >= 15 is 0 Å². The minimum atomic E-state index is -0.0983. The molecule has 3 nitrogen and oxygen atoms in total. The van der Waals surface area contributed by atoms with Crippen molar-refractivity contribution in [2.75, 3.05) is 0 Å². The molecular formula is C23H24N2OS. The molecule has 1 aliphatic rings. The van der Waals surface area contributed by atoms with Crippen LogP contribution in [0, 0.1) is 6.92 Å². The highest BCUT2D eigenvalue weighted by Crippen LogP contribution is 2.31. The van der Waals surface area contributed by atoms with Crippen molar-refractivity contribution < 1.29 is 0 Å². The van der Waals surface area contributed by atoms with Crippen LogP contribution in [0.15, 0.2) is 64.4 Å². The lowest BCUT2D eigenvalue weighted by atomic mass is 10.1. The Morgan fingerprint density at radius 2 is 1.81 bits per heavy atom. The van der Waals surface area contributed by atoms with Gasteiger partial charge in [0.1, 0.15) is 5.03 Å². The van der Waals surface area contributed by atoms with E-state index in [9.17, 15) is 4.79 Å². The molecular weight excluding hydrogens is 352 g/mol. The largest absolute Gasteiger partial charge is 0.348 e. The average Bonchev–Trinajstić information content (AvgIpc) is 3.17. The molecule has 0 N–H and O–H groups in total. The van der Waals surface area contributed by atoms with Gasteiger partial charge in [-0.25, -0.2) is 4.79 Å². The van der Waals surface area contributed by atoms with Gasteiger partial charge in [-0.15, -0.1) is 11.8 Å². The van der Waals surface area contributed by atoms with E-state index in [1.54, 1.807) is 11.8 Å². The lowest BCUT2D eigenvalue weighted by Gasteiger charge is -2.14. The van der Waals surface area contributed by atoms with Crippen LogP contribution in [0.1, 0.15) is 34.4 Å². The summed E-state index contributed by atoms with van der Waals surface area (Å²) in [6.45, 7) is 2.84. The lowest BCUT2D eigenvalue weighted by molar-refractivity contribution is 0.607. The maximum absolute atomic E-state index is 12.7. The Morgan fingerprint density at radius 3 is 2.63 bits per heavy atom.